The molecule has 0 aromatic heterocycles. The molecule has 2 fully saturated rings. The van der Waals surface area contributed by atoms with Crippen LogP contribution in [0.1, 0.15) is 47.0 Å². The maximum Gasteiger partial charge on any atom is 0.228 e. The van der Waals surface area contributed by atoms with E-state index in [0.717, 1.165) is 19.5 Å². The Morgan fingerprint density at radius 1 is 1.41 bits per heavy atom. The summed E-state index contributed by atoms with van der Waals surface area (Å²) >= 11 is 0. The van der Waals surface area contributed by atoms with Gasteiger partial charge in [-0.05, 0) is 51.5 Å². The molecule has 2 N–H and O–H groups in total. The molecule has 1 unspecified atom stereocenters. The first-order valence-electron chi connectivity index (χ1n) is 6.92. The fourth-order valence-electron chi connectivity index (χ4n) is 2.98. The molecule has 0 radical (unpaired) electrons. The van der Waals surface area contributed by atoms with Crippen LogP contribution >= 0.6 is 0 Å². The third-order valence-electron chi connectivity index (χ3n) is 4.78. The van der Waals surface area contributed by atoms with E-state index in [4.69, 9.17) is 0 Å². The number of amides is 1. The Morgan fingerprint density at radius 2 is 2.06 bits per heavy atom. The molecule has 0 spiro atoms. The van der Waals surface area contributed by atoms with Crippen LogP contribution in [0, 0.1) is 17.3 Å². The van der Waals surface area contributed by atoms with Crippen LogP contribution in [-0.4, -0.2) is 24.5 Å². The standard InChI is InChI=1S/C14H26N2O/c1-10(2)14(7-8-15-9-14)12(17)16-13(3,4)11-5-6-11/h10-11,15H,5-9H2,1-4H3,(H,16,17). The van der Waals surface area contributed by atoms with Crippen molar-refractivity contribution < 1.29 is 4.79 Å². The van der Waals surface area contributed by atoms with Crippen molar-refractivity contribution in [3.05, 3.63) is 0 Å². The van der Waals surface area contributed by atoms with Gasteiger partial charge in [-0.3, -0.25) is 4.79 Å². The molecule has 0 bridgehead atoms. The molecule has 1 aliphatic carbocycles. The molecule has 1 atom stereocenters. The van der Waals surface area contributed by atoms with Crippen LogP contribution in [0.4, 0.5) is 0 Å². The minimum atomic E-state index is -0.188. The molecule has 0 aromatic carbocycles. The number of hydrogen-bond donors (Lipinski definition) is 2. The normalized spacial score (nSPS) is 29.7. The average molecular weight is 238 g/mol. The summed E-state index contributed by atoms with van der Waals surface area (Å²) < 4.78 is 0. The van der Waals surface area contributed by atoms with E-state index in [-0.39, 0.29) is 16.9 Å². The van der Waals surface area contributed by atoms with Gasteiger partial charge in [0.1, 0.15) is 0 Å². The Kier molecular flexibility index (Phi) is 3.23. The number of rotatable bonds is 4. The fraction of sp³-hybridized carbons (Fsp3) is 0.929. The summed E-state index contributed by atoms with van der Waals surface area (Å²) in [6.07, 6.45) is 3.50. The van der Waals surface area contributed by atoms with E-state index in [9.17, 15) is 4.79 Å². The monoisotopic (exact) mass is 238 g/mol. The Bertz CT molecular complexity index is 299. The highest BCUT2D eigenvalue weighted by molar-refractivity contribution is 5.84. The SMILES string of the molecule is CC(C)C1(C(=O)NC(C)(C)C2CC2)CCNC1. The number of nitrogens with one attached hydrogen (secondary N) is 2. The van der Waals surface area contributed by atoms with Crippen molar-refractivity contribution in [3.63, 3.8) is 0 Å². The molecule has 3 heteroatoms. The summed E-state index contributed by atoms with van der Waals surface area (Å²) in [7, 11) is 0. The van der Waals surface area contributed by atoms with Crippen molar-refractivity contribution in [2.75, 3.05) is 13.1 Å². The Labute approximate surface area is 105 Å². The third-order valence-corrected chi connectivity index (χ3v) is 4.78. The van der Waals surface area contributed by atoms with Gasteiger partial charge in [0.25, 0.3) is 0 Å². The third kappa shape index (κ3) is 2.35. The van der Waals surface area contributed by atoms with Gasteiger partial charge >= 0.3 is 0 Å². The molecule has 1 aliphatic heterocycles. The van der Waals surface area contributed by atoms with E-state index in [0.29, 0.717) is 11.8 Å². The summed E-state index contributed by atoms with van der Waals surface area (Å²) in [6.45, 7) is 10.5. The van der Waals surface area contributed by atoms with Gasteiger partial charge in [0.15, 0.2) is 0 Å². The highest BCUT2D eigenvalue weighted by atomic mass is 16.2. The van der Waals surface area contributed by atoms with Gasteiger partial charge in [0.2, 0.25) is 5.91 Å². The smallest absolute Gasteiger partial charge is 0.228 e. The fourth-order valence-corrected chi connectivity index (χ4v) is 2.98. The zero-order chi connectivity index (χ0) is 12.7. The molecule has 1 saturated carbocycles. The second-order valence-electron chi connectivity index (χ2n) is 6.69. The zero-order valence-corrected chi connectivity index (χ0v) is 11.6. The van der Waals surface area contributed by atoms with Crippen LogP contribution in [0.5, 0.6) is 0 Å². The van der Waals surface area contributed by atoms with E-state index in [1.165, 1.54) is 12.8 Å². The lowest BCUT2D eigenvalue weighted by molar-refractivity contribution is -0.134. The van der Waals surface area contributed by atoms with Gasteiger partial charge in [0.05, 0.1) is 5.41 Å². The molecule has 2 rings (SSSR count). The Balaban J connectivity index is 2.07. The number of carbonyl (C=O) groups is 1. The van der Waals surface area contributed by atoms with Crippen molar-refractivity contribution in [1.82, 2.24) is 10.6 Å². The molecule has 1 amide bonds. The van der Waals surface area contributed by atoms with Crippen LogP contribution in [0.2, 0.25) is 0 Å². The van der Waals surface area contributed by atoms with Gasteiger partial charge in [-0.15, -0.1) is 0 Å². The average Bonchev–Trinajstić information content (AvgIpc) is 2.96. The first-order valence-corrected chi connectivity index (χ1v) is 6.92. The Hall–Kier alpha value is -0.570. The van der Waals surface area contributed by atoms with Crippen LogP contribution in [0.15, 0.2) is 0 Å². The van der Waals surface area contributed by atoms with Gasteiger partial charge in [-0.25, -0.2) is 0 Å². The van der Waals surface area contributed by atoms with Crippen LogP contribution in [0.25, 0.3) is 0 Å². The molecule has 1 heterocycles. The lowest BCUT2D eigenvalue weighted by Crippen LogP contribution is -2.54. The van der Waals surface area contributed by atoms with Crippen LogP contribution < -0.4 is 10.6 Å². The van der Waals surface area contributed by atoms with Gasteiger partial charge in [0, 0.05) is 12.1 Å². The van der Waals surface area contributed by atoms with Crippen molar-refractivity contribution in [2.45, 2.75) is 52.5 Å². The first-order chi connectivity index (χ1) is 7.88. The summed E-state index contributed by atoms with van der Waals surface area (Å²) in [6, 6.07) is 0. The minimum Gasteiger partial charge on any atom is -0.350 e. The van der Waals surface area contributed by atoms with Crippen molar-refractivity contribution in [1.29, 1.82) is 0 Å². The van der Waals surface area contributed by atoms with E-state index in [1.54, 1.807) is 0 Å². The van der Waals surface area contributed by atoms with E-state index < -0.39 is 0 Å². The van der Waals surface area contributed by atoms with E-state index >= 15 is 0 Å². The quantitative estimate of drug-likeness (QED) is 0.786. The van der Waals surface area contributed by atoms with Crippen LogP contribution in [-0.2, 0) is 4.79 Å². The van der Waals surface area contributed by atoms with E-state index in [2.05, 4.69) is 38.3 Å². The van der Waals surface area contributed by atoms with E-state index in [1.807, 2.05) is 0 Å². The molecule has 1 saturated heterocycles. The molecule has 98 valence electrons. The second kappa shape index (κ2) is 4.27. The molecule has 3 nitrogen and oxygen atoms in total. The molecular weight excluding hydrogens is 212 g/mol. The molecule has 17 heavy (non-hydrogen) atoms. The highest BCUT2D eigenvalue weighted by Gasteiger charge is 2.47. The van der Waals surface area contributed by atoms with Crippen molar-refractivity contribution in [2.24, 2.45) is 17.3 Å². The summed E-state index contributed by atoms with van der Waals surface area (Å²) in [4.78, 5) is 12.6. The van der Waals surface area contributed by atoms with Gasteiger partial charge in [-0.2, -0.15) is 0 Å². The van der Waals surface area contributed by atoms with Crippen LogP contribution in [0.3, 0.4) is 0 Å². The minimum absolute atomic E-state index is 0.0262. The van der Waals surface area contributed by atoms with Crippen molar-refractivity contribution >= 4 is 5.91 Å². The highest BCUT2D eigenvalue weighted by Crippen LogP contribution is 2.41. The number of hydrogen-bond acceptors (Lipinski definition) is 2. The summed E-state index contributed by atoms with van der Waals surface area (Å²) in [5.41, 5.74) is -0.215. The zero-order valence-electron chi connectivity index (χ0n) is 11.6. The summed E-state index contributed by atoms with van der Waals surface area (Å²) in [5.74, 6) is 1.34. The number of carbonyl (C=O) groups excluding carboxylic acids is 1. The molecule has 0 aromatic rings. The van der Waals surface area contributed by atoms with Crippen molar-refractivity contribution in [3.8, 4) is 0 Å². The van der Waals surface area contributed by atoms with Gasteiger partial charge in [-0.1, -0.05) is 13.8 Å². The first kappa shape index (κ1) is 12.9. The maximum atomic E-state index is 12.6. The predicted octanol–water partition coefficient (Wildman–Crippen LogP) is 1.93. The second-order valence-corrected chi connectivity index (χ2v) is 6.69. The largest absolute Gasteiger partial charge is 0.350 e. The maximum absolute atomic E-state index is 12.6. The topological polar surface area (TPSA) is 41.1 Å². The molecular formula is C14H26N2O. The predicted molar refractivity (Wildman–Crippen MR) is 69.7 cm³/mol. The van der Waals surface area contributed by atoms with Gasteiger partial charge < -0.3 is 10.6 Å². The summed E-state index contributed by atoms with van der Waals surface area (Å²) in [5, 5.41) is 6.65. The Morgan fingerprint density at radius 3 is 2.47 bits per heavy atom. The lowest BCUT2D eigenvalue weighted by Gasteiger charge is -2.36. The molecule has 2 aliphatic rings. The lowest BCUT2D eigenvalue weighted by atomic mass is 9.75.